The Morgan fingerprint density at radius 3 is 2.45 bits per heavy atom. The zero-order valence-corrected chi connectivity index (χ0v) is 19.2. The maximum atomic E-state index is 6.27. The molecule has 29 heavy (non-hydrogen) atoms. The normalized spacial score (nSPS) is 13.9. The zero-order chi connectivity index (χ0) is 18.9. The third kappa shape index (κ3) is 7.88. The summed E-state index contributed by atoms with van der Waals surface area (Å²) in [7, 11) is 0. The van der Waals surface area contributed by atoms with Crippen LogP contribution in [0.15, 0.2) is 42.5 Å². The molecule has 7 heteroatoms. The van der Waals surface area contributed by atoms with Gasteiger partial charge in [-0.2, -0.15) is 0 Å². The molecule has 0 spiro atoms. The summed E-state index contributed by atoms with van der Waals surface area (Å²) in [5.74, 6) is 2.33. The first kappa shape index (κ1) is 25.9. The van der Waals surface area contributed by atoms with Crippen LogP contribution >= 0.6 is 36.4 Å². The van der Waals surface area contributed by atoms with Gasteiger partial charge in [0, 0.05) is 22.7 Å². The third-order valence-electron chi connectivity index (χ3n) is 4.90. The largest absolute Gasteiger partial charge is 0.490 e. The molecule has 1 heterocycles. The maximum absolute atomic E-state index is 6.27. The van der Waals surface area contributed by atoms with Crippen LogP contribution in [0, 0.1) is 5.92 Å². The molecule has 1 aliphatic rings. The van der Waals surface area contributed by atoms with Gasteiger partial charge in [-0.25, -0.2) is 0 Å². The summed E-state index contributed by atoms with van der Waals surface area (Å²) < 4.78 is 12.0. The second-order valence-electron chi connectivity index (χ2n) is 6.88. The van der Waals surface area contributed by atoms with Crippen molar-refractivity contribution in [3.05, 3.63) is 58.6 Å². The minimum absolute atomic E-state index is 0. The lowest BCUT2D eigenvalue weighted by atomic mass is 9.98. The lowest BCUT2D eigenvalue weighted by molar-refractivity contribution is 0.265. The molecule has 0 bridgehead atoms. The van der Waals surface area contributed by atoms with Crippen LogP contribution in [0.5, 0.6) is 11.5 Å². The second-order valence-corrected chi connectivity index (χ2v) is 7.29. The highest BCUT2D eigenvalue weighted by Crippen LogP contribution is 2.33. The van der Waals surface area contributed by atoms with E-state index in [1.165, 1.54) is 12.8 Å². The van der Waals surface area contributed by atoms with Crippen molar-refractivity contribution in [3.63, 3.8) is 0 Å². The molecule has 0 atom stereocenters. The fourth-order valence-corrected chi connectivity index (χ4v) is 3.59. The molecule has 3 rings (SSSR count). The lowest BCUT2D eigenvalue weighted by Gasteiger charge is -2.23. The van der Waals surface area contributed by atoms with Crippen molar-refractivity contribution in [1.29, 1.82) is 0 Å². The van der Waals surface area contributed by atoms with E-state index in [1.807, 2.05) is 43.3 Å². The number of hydrogen-bond acceptors (Lipinski definition) is 4. The first-order valence-corrected chi connectivity index (χ1v) is 10.2. The Morgan fingerprint density at radius 1 is 1.00 bits per heavy atom. The smallest absolute Gasteiger partial charge is 0.166 e. The molecular formula is C22H31Cl3N2O2. The first-order chi connectivity index (χ1) is 13.3. The molecule has 4 nitrogen and oxygen atoms in total. The molecule has 162 valence electrons. The van der Waals surface area contributed by atoms with Gasteiger partial charge in [0.05, 0.1) is 6.61 Å². The Bertz CT molecular complexity index is 725. The molecule has 0 aromatic heterocycles. The Hall–Kier alpha value is -1.17. The van der Waals surface area contributed by atoms with Gasteiger partial charge in [0.25, 0.3) is 0 Å². The number of halogens is 3. The molecule has 2 N–H and O–H groups in total. The fraction of sp³-hybridized carbons (Fsp3) is 0.455. The van der Waals surface area contributed by atoms with Crippen LogP contribution < -0.4 is 20.1 Å². The number of nitrogens with one attached hydrogen (secondary N) is 2. The SMILES string of the molecule is CCOc1cccc(CNCC2CCNCC2)c1OCc1ccccc1Cl.Cl.Cl. The van der Waals surface area contributed by atoms with Crippen LogP contribution in [0.1, 0.15) is 30.9 Å². The van der Waals surface area contributed by atoms with Crippen molar-refractivity contribution in [1.82, 2.24) is 10.6 Å². The number of ether oxygens (including phenoxy) is 2. The topological polar surface area (TPSA) is 42.5 Å². The Morgan fingerprint density at radius 2 is 1.72 bits per heavy atom. The van der Waals surface area contributed by atoms with E-state index in [0.717, 1.165) is 59.7 Å². The van der Waals surface area contributed by atoms with Crippen molar-refractivity contribution in [2.45, 2.75) is 32.9 Å². The number of benzene rings is 2. The summed E-state index contributed by atoms with van der Waals surface area (Å²) in [5, 5.41) is 7.74. The highest BCUT2D eigenvalue weighted by Gasteiger charge is 2.15. The van der Waals surface area contributed by atoms with Crippen LogP contribution in [0.4, 0.5) is 0 Å². The summed E-state index contributed by atoms with van der Waals surface area (Å²) in [4.78, 5) is 0. The number of hydrogen-bond donors (Lipinski definition) is 2. The van der Waals surface area contributed by atoms with Gasteiger partial charge >= 0.3 is 0 Å². The Labute approximate surface area is 191 Å². The van der Waals surface area contributed by atoms with Gasteiger partial charge in [0.1, 0.15) is 6.61 Å². The highest BCUT2D eigenvalue weighted by molar-refractivity contribution is 6.31. The summed E-state index contributed by atoms with van der Waals surface area (Å²) in [6, 6.07) is 13.9. The molecule has 1 fully saturated rings. The van der Waals surface area contributed by atoms with Crippen molar-refractivity contribution in [2.75, 3.05) is 26.2 Å². The monoisotopic (exact) mass is 460 g/mol. The quantitative estimate of drug-likeness (QED) is 0.535. The van der Waals surface area contributed by atoms with E-state index < -0.39 is 0 Å². The number of rotatable bonds is 9. The summed E-state index contributed by atoms with van der Waals surface area (Å²) in [6.07, 6.45) is 2.48. The van der Waals surface area contributed by atoms with Crippen molar-refractivity contribution in [2.24, 2.45) is 5.92 Å². The molecule has 0 saturated carbocycles. The first-order valence-electron chi connectivity index (χ1n) is 9.80. The van der Waals surface area contributed by atoms with Gasteiger partial charge in [-0.15, -0.1) is 24.8 Å². The molecule has 0 radical (unpaired) electrons. The molecule has 0 aliphatic carbocycles. The summed E-state index contributed by atoms with van der Waals surface area (Å²) >= 11 is 6.27. The maximum Gasteiger partial charge on any atom is 0.166 e. The van der Waals surface area contributed by atoms with Crippen molar-refractivity contribution < 1.29 is 9.47 Å². The van der Waals surface area contributed by atoms with Crippen LogP contribution in [-0.4, -0.2) is 26.2 Å². The van der Waals surface area contributed by atoms with E-state index in [-0.39, 0.29) is 24.8 Å². The van der Waals surface area contributed by atoms with E-state index in [0.29, 0.717) is 13.2 Å². The lowest BCUT2D eigenvalue weighted by Crippen LogP contribution is -2.33. The van der Waals surface area contributed by atoms with Gasteiger partial charge in [-0.05, 0) is 57.5 Å². The van der Waals surface area contributed by atoms with Gasteiger partial charge in [-0.3, -0.25) is 0 Å². The van der Waals surface area contributed by atoms with E-state index in [9.17, 15) is 0 Å². The van der Waals surface area contributed by atoms with E-state index in [4.69, 9.17) is 21.1 Å². The predicted molar refractivity (Wildman–Crippen MR) is 125 cm³/mol. The summed E-state index contributed by atoms with van der Waals surface area (Å²) in [5.41, 5.74) is 2.08. The van der Waals surface area contributed by atoms with Gasteiger partial charge in [-0.1, -0.05) is 41.9 Å². The third-order valence-corrected chi connectivity index (χ3v) is 5.27. The molecule has 2 aromatic rings. The number of para-hydroxylation sites is 1. The minimum Gasteiger partial charge on any atom is -0.490 e. The minimum atomic E-state index is 0. The molecule has 0 unspecified atom stereocenters. The average Bonchev–Trinajstić information content (AvgIpc) is 2.70. The zero-order valence-electron chi connectivity index (χ0n) is 16.8. The van der Waals surface area contributed by atoms with Gasteiger partial charge < -0.3 is 20.1 Å². The van der Waals surface area contributed by atoms with Crippen molar-refractivity contribution in [3.8, 4) is 11.5 Å². The van der Waals surface area contributed by atoms with Gasteiger partial charge in [0.2, 0.25) is 0 Å². The second kappa shape index (κ2) is 13.9. The summed E-state index contributed by atoms with van der Waals surface area (Å²) in [6.45, 7) is 7.06. The number of piperidine rings is 1. The van der Waals surface area contributed by atoms with Gasteiger partial charge in [0.15, 0.2) is 11.5 Å². The standard InChI is InChI=1S/C22H29ClN2O2.2ClH/c1-2-26-21-9-5-7-18(15-25-14-17-10-12-24-13-11-17)22(21)27-16-19-6-3-4-8-20(19)23;;/h3-9,17,24-25H,2,10-16H2,1H3;2*1H. The van der Waals surface area contributed by atoms with Crippen LogP contribution in [-0.2, 0) is 13.2 Å². The van der Waals surface area contributed by atoms with Crippen molar-refractivity contribution >= 4 is 36.4 Å². The van der Waals surface area contributed by atoms with E-state index in [2.05, 4.69) is 16.7 Å². The average molecular weight is 462 g/mol. The Balaban J connectivity index is 0.00000210. The van der Waals surface area contributed by atoms with Crippen LogP contribution in [0.2, 0.25) is 5.02 Å². The fourth-order valence-electron chi connectivity index (χ4n) is 3.40. The van der Waals surface area contributed by atoms with E-state index >= 15 is 0 Å². The molecule has 0 amide bonds. The van der Waals surface area contributed by atoms with Crippen LogP contribution in [0.25, 0.3) is 0 Å². The molecular weight excluding hydrogens is 431 g/mol. The molecule has 1 saturated heterocycles. The van der Waals surface area contributed by atoms with E-state index in [1.54, 1.807) is 0 Å². The molecule has 1 aliphatic heterocycles. The Kier molecular flexibility index (Phi) is 12.4. The highest BCUT2D eigenvalue weighted by atomic mass is 35.5. The van der Waals surface area contributed by atoms with Crippen LogP contribution in [0.3, 0.4) is 0 Å². The molecule has 2 aromatic carbocycles. The predicted octanol–water partition coefficient (Wildman–Crippen LogP) is 5.25.